The van der Waals surface area contributed by atoms with Gasteiger partial charge in [-0.25, -0.2) is 0 Å². The normalized spacial score (nSPS) is 21.9. The fourth-order valence-electron chi connectivity index (χ4n) is 2.33. The van der Waals surface area contributed by atoms with Crippen LogP contribution in [0.15, 0.2) is 12.1 Å². The number of carbonyl (C=O) groups is 1. The van der Waals surface area contributed by atoms with E-state index in [0.717, 1.165) is 19.4 Å². The highest BCUT2D eigenvalue weighted by atomic mass is 32.1. The Balaban J connectivity index is 1.92. The van der Waals surface area contributed by atoms with E-state index in [1.165, 1.54) is 16.9 Å². The summed E-state index contributed by atoms with van der Waals surface area (Å²) < 4.78 is 4.81. The first-order chi connectivity index (χ1) is 8.11. The Hall–Kier alpha value is -0.870. The maximum absolute atomic E-state index is 11.5. The Morgan fingerprint density at radius 1 is 1.65 bits per heavy atom. The van der Waals surface area contributed by atoms with Gasteiger partial charge in [-0.1, -0.05) is 0 Å². The average molecular weight is 253 g/mol. The van der Waals surface area contributed by atoms with Crippen LogP contribution in [0.25, 0.3) is 0 Å². The van der Waals surface area contributed by atoms with Crippen LogP contribution in [0.1, 0.15) is 23.1 Å². The molecule has 1 fully saturated rings. The number of ether oxygens (including phenoxy) is 1. The van der Waals surface area contributed by atoms with Crippen LogP contribution in [-0.4, -0.2) is 36.6 Å². The summed E-state index contributed by atoms with van der Waals surface area (Å²) in [6, 6.07) is 4.73. The zero-order chi connectivity index (χ0) is 12.4. The highest BCUT2D eigenvalue weighted by molar-refractivity contribution is 7.11. The number of likely N-dealkylation sites (tertiary alicyclic amines) is 1. The second-order valence-corrected chi connectivity index (χ2v) is 6.00. The van der Waals surface area contributed by atoms with Crippen molar-refractivity contribution in [1.82, 2.24) is 4.90 Å². The Morgan fingerprint density at radius 2 is 2.41 bits per heavy atom. The number of carbonyl (C=O) groups excluding carboxylic acids is 1. The Bertz CT molecular complexity index is 402. The van der Waals surface area contributed by atoms with Gasteiger partial charge < -0.3 is 4.74 Å². The second kappa shape index (κ2) is 5.19. The monoisotopic (exact) mass is 253 g/mol. The molecule has 94 valence electrons. The summed E-state index contributed by atoms with van der Waals surface area (Å²) in [5.41, 5.74) is 0. The maximum atomic E-state index is 11.5. The first-order valence-corrected chi connectivity index (χ1v) is 6.82. The van der Waals surface area contributed by atoms with Gasteiger partial charge in [-0.3, -0.25) is 9.69 Å². The van der Waals surface area contributed by atoms with E-state index >= 15 is 0 Å². The van der Waals surface area contributed by atoms with Gasteiger partial charge in [-0.2, -0.15) is 0 Å². The summed E-state index contributed by atoms with van der Waals surface area (Å²) in [6.45, 7) is 5.31. The molecular weight excluding hydrogens is 234 g/mol. The molecule has 1 aliphatic rings. The lowest BCUT2D eigenvalue weighted by molar-refractivity contribution is -0.153. The largest absolute Gasteiger partial charge is 0.468 e. The predicted molar refractivity (Wildman–Crippen MR) is 69.3 cm³/mol. The molecule has 0 amide bonds. The molecule has 1 saturated heterocycles. The summed E-state index contributed by atoms with van der Waals surface area (Å²) in [5, 5.41) is 0. The summed E-state index contributed by atoms with van der Waals surface area (Å²) in [7, 11) is 1.46. The molecule has 2 heterocycles. The highest BCUT2D eigenvalue weighted by Gasteiger charge is 2.37. The van der Waals surface area contributed by atoms with Gasteiger partial charge in [0.1, 0.15) is 6.04 Å². The smallest absolute Gasteiger partial charge is 0.323 e. The molecule has 0 aromatic carbocycles. The quantitative estimate of drug-likeness (QED) is 0.771. The van der Waals surface area contributed by atoms with Crippen LogP contribution in [0.5, 0.6) is 0 Å². The Kier molecular flexibility index (Phi) is 3.84. The molecule has 2 rings (SSSR count). The van der Waals surface area contributed by atoms with E-state index in [0.29, 0.717) is 6.04 Å². The first-order valence-electron chi connectivity index (χ1n) is 6.00. The van der Waals surface area contributed by atoms with E-state index < -0.39 is 0 Å². The van der Waals surface area contributed by atoms with Crippen molar-refractivity contribution >= 4 is 17.3 Å². The van der Waals surface area contributed by atoms with E-state index in [4.69, 9.17) is 4.74 Å². The molecule has 0 spiro atoms. The topological polar surface area (TPSA) is 29.5 Å². The number of esters is 1. The molecule has 17 heavy (non-hydrogen) atoms. The van der Waals surface area contributed by atoms with E-state index in [1.807, 2.05) is 11.3 Å². The molecule has 0 saturated carbocycles. The molecule has 1 aromatic heterocycles. The maximum Gasteiger partial charge on any atom is 0.323 e. The van der Waals surface area contributed by atoms with Crippen LogP contribution >= 0.6 is 11.3 Å². The van der Waals surface area contributed by atoms with Crippen molar-refractivity contribution in [2.45, 2.75) is 38.8 Å². The van der Waals surface area contributed by atoms with Crippen LogP contribution in [0, 0.1) is 6.92 Å². The first kappa shape index (κ1) is 12.6. The summed E-state index contributed by atoms with van der Waals surface area (Å²) >= 11 is 1.84. The molecule has 2 atom stereocenters. The molecule has 0 radical (unpaired) electrons. The number of methoxy groups -OCH3 is 1. The number of hydrogen-bond donors (Lipinski definition) is 0. The number of aryl methyl sites for hydroxylation is 1. The molecule has 0 N–H and O–H groups in total. The molecule has 4 heteroatoms. The van der Waals surface area contributed by atoms with Crippen molar-refractivity contribution in [1.29, 1.82) is 0 Å². The average Bonchev–Trinajstić information content (AvgIpc) is 2.61. The Morgan fingerprint density at radius 3 is 2.88 bits per heavy atom. The van der Waals surface area contributed by atoms with Gasteiger partial charge in [0.05, 0.1) is 7.11 Å². The third-order valence-corrected chi connectivity index (χ3v) is 4.42. The van der Waals surface area contributed by atoms with Crippen molar-refractivity contribution in [3.8, 4) is 0 Å². The van der Waals surface area contributed by atoms with Gasteiger partial charge in [0.25, 0.3) is 0 Å². The van der Waals surface area contributed by atoms with Crippen LogP contribution in [0.4, 0.5) is 0 Å². The van der Waals surface area contributed by atoms with Crippen molar-refractivity contribution < 1.29 is 9.53 Å². The zero-order valence-electron chi connectivity index (χ0n) is 10.6. The zero-order valence-corrected chi connectivity index (χ0v) is 11.4. The molecule has 1 aromatic rings. The molecule has 1 aliphatic heterocycles. The minimum atomic E-state index is -0.0922. The number of thiophene rings is 1. The van der Waals surface area contributed by atoms with Gasteiger partial charge in [0.2, 0.25) is 0 Å². The molecule has 2 unspecified atom stereocenters. The minimum absolute atomic E-state index is 0.0175. The van der Waals surface area contributed by atoms with Crippen LogP contribution in [0.3, 0.4) is 0 Å². The minimum Gasteiger partial charge on any atom is -0.468 e. The van der Waals surface area contributed by atoms with E-state index in [2.05, 4.69) is 30.9 Å². The van der Waals surface area contributed by atoms with E-state index in [-0.39, 0.29) is 12.0 Å². The highest BCUT2D eigenvalue weighted by Crippen LogP contribution is 2.25. The van der Waals surface area contributed by atoms with Gasteiger partial charge in [-0.15, -0.1) is 11.3 Å². The van der Waals surface area contributed by atoms with Crippen LogP contribution in [-0.2, 0) is 16.0 Å². The molecule has 3 nitrogen and oxygen atoms in total. The van der Waals surface area contributed by atoms with E-state index in [1.54, 1.807) is 0 Å². The third-order valence-electron chi connectivity index (χ3n) is 3.39. The van der Waals surface area contributed by atoms with Crippen molar-refractivity contribution in [3.05, 3.63) is 21.9 Å². The van der Waals surface area contributed by atoms with Gasteiger partial charge in [0, 0.05) is 22.3 Å². The van der Waals surface area contributed by atoms with Crippen molar-refractivity contribution in [2.24, 2.45) is 0 Å². The number of rotatable bonds is 4. The number of hydrogen-bond acceptors (Lipinski definition) is 4. The summed E-state index contributed by atoms with van der Waals surface area (Å²) in [5.74, 6) is -0.0922. The van der Waals surface area contributed by atoms with Crippen LogP contribution in [0.2, 0.25) is 0 Å². The molecule has 0 bridgehead atoms. The predicted octanol–water partition coefficient (Wildman–Crippen LogP) is 2.23. The lowest BCUT2D eigenvalue weighted by Crippen LogP contribution is -2.56. The van der Waals surface area contributed by atoms with Gasteiger partial charge in [-0.05, 0) is 38.8 Å². The van der Waals surface area contributed by atoms with Gasteiger partial charge >= 0.3 is 5.97 Å². The number of nitrogens with zero attached hydrogens (tertiary/aromatic N) is 1. The van der Waals surface area contributed by atoms with Gasteiger partial charge in [0.15, 0.2) is 0 Å². The molecular formula is C13H19NO2S. The van der Waals surface area contributed by atoms with Crippen molar-refractivity contribution in [3.63, 3.8) is 0 Å². The SMILES string of the molecule is COC(=O)C1CCN1C(C)Cc1ccc(C)s1. The second-order valence-electron chi connectivity index (χ2n) is 4.63. The third kappa shape index (κ3) is 2.69. The molecule has 0 aliphatic carbocycles. The summed E-state index contributed by atoms with van der Waals surface area (Å²) in [6.07, 6.45) is 1.95. The fourth-order valence-corrected chi connectivity index (χ4v) is 3.34. The van der Waals surface area contributed by atoms with Crippen molar-refractivity contribution in [2.75, 3.05) is 13.7 Å². The van der Waals surface area contributed by atoms with Crippen LogP contribution < -0.4 is 0 Å². The lowest BCUT2D eigenvalue weighted by atomic mass is 9.98. The summed E-state index contributed by atoms with van der Waals surface area (Å²) in [4.78, 5) is 16.5. The Labute approximate surface area is 106 Å². The standard InChI is InChI=1S/C13H19NO2S/c1-9(8-11-5-4-10(2)17-11)14-7-6-12(14)13(15)16-3/h4-5,9,12H,6-8H2,1-3H3. The fraction of sp³-hybridized carbons (Fsp3) is 0.615. The van der Waals surface area contributed by atoms with E-state index in [9.17, 15) is 4.79 Å². The lowest BCUT2D eigenvalue weighted by Gasteiger charge is -2.42.